The molecule has 0 aromatic heterocycles. The second-order valence-corrected chi connectivity index (χ2v) is 0.289. The van der Waals surface area contributed by atoms with Gasteiger partial charge in [-0.1, -0.05) is 0 Å². The Morgan fingerprint density at radius 3 is 0.455 bits per heavy atom. The predicted molar refractivity (Wildman–Crippen MR) is 17.3 cm³/mol. The van der Waals surface area contributed by atoms with Crippen molar-refractivity contribution in [3.05, 3.63) is 0 Å². The molecule has 0 aliphatic rings. The van der Waals surface area contributed by atoms with Gasteiger partial charge in [0.2, 0.25) is 0 Å². The Balaban J connectivity index is -0.0000000150. The van der Waals surface area contributed by atoms with Gasteiger partial charge in [-0.2, -0.15) is 0 Å². The van der Waals surface area contributed by atoms with Crippen LogP contribution in [0.4, 0.5) is 0 Å². The summed E-state index contributed by atoms with van der Waals surface area (Å²) in [5.74, 6) is 0. The standard InChI is InChI=1S/3BO2.2Re/c3*2-1-3;;/q3*-2;;. The molecular weight excluding hydrogens is 501 g/mol. The maximum Gasteiger partial charge on any atom is 0 e. The van der Waals surface area contributed by atoms with Crippen LogP contribution in [0.25, 0.3) is 0 Å². The smallest absolute Gasteiger partial charge is 0 e. The van der Waals surface area contributed by atoms with Crippen LogP contribution in [0.15, 0.2) is 0 Å². The molecule has 11 heteroatoms. The van der Waals surface area contributed by atoms with E-state index < -0.39 is 23.1 Å². The van der Waals surface area contributed by atoms with Crippen LogP contribution in [0.1, 0.15) is 0 Å². The first-order valence-corrected chi connectivity index (χ1v) is 1.41. The van der Waals surface area contributed by atoms with Crippen LogP contribution in [-0.4, -0.2) is 23.1 Å². The first-order chi connectivity index (χ1) is 4.24. The second-order valence-electron chi connectivity index (χ2n) is 0.289. The van der Waals surface area contributed by atoms with Crippen molar-refractivity contribution in [1.82, 2.24) is 0 Å². The van der Waals surface area contributed by atoms with E-state index in [0.29, 0.717) is 0 Å². The molecule has 11 heavy (non-hydrogen) atoms. The van der Waals surface area contributed by atoms with Gasteiger partial charge in [-0.25, -0.2) is 23.1 Å². The molecule has 0 fully saturated rings. The monoisotopic (exact) mass is 503 g/mol. The molecule has 0 bridgehead atoms. The summed E-state index contributed by atoms with van der Waals surface area (Å²) < 4.78 is 0. The maximum absolute atomic E-state index is 8.25. The third kappa shape index (κ3) is 593. The molecule has 6 nitrogen and oxygen atoms in total. The van der Waals surface area contributed by atoms with E-state index >= 15 is 0 Å². The second kappa shape index (κ2) is 65.1. The van der Waals surface area contributed by atoms with Crippen LogP contribution in [0.5, 0.6) is 0 Å². The fraction of sp³-hybridized carbons (Fsp3) is 0. The summed E-state index contributed by atoms with van der Waals surface area (Å²) in [5.41, 5.74) is 0. The number of hydrogen-bond donors (Lipinski definition) is 0. The molecule has 0 atom stereocenters. The molecule has 65 valence electrons. The normalized spacial score (nSPS) is 3.82. The molecule has 0 heterocycles. The van der Waals surface area contributed by atoms with E-state index in [4.69, 9.17) is 30.1 Å². The van der Waals surface area contributed by atoms with Gasteiger partial charge >= 0.3 is 0 Å². The Labute approximate surface area is 93.9 Å². The first-order valence-electron chi connectivity index (χ1n) is 1.41. The van der Waals surface area contributed by atoms with E-state index in [1.165, 1.54) is 0 Å². The zero-order valence-corrected chi connectivity index (χ0v) is 10.4. The molecule has 0 aromatic rings. The molecule has 0 rings (SSSR count). The van der Waals surface area contributed by atoms with Gasteiger partial charge < -0.3 is 30.1 Å². The quantitative estimate of drug-likeness (QED) is 0.303. The summed E-state index contributed by atoms with van der Waals surface area (Å²) in [6.45, 7) is 0. The number of hydrogen-bond acceptors (Lipinski definition) is 6. The molecule has 0 aliphatic heterocycles. The summed E-state index contributed by atoms with van der Waals surface area (Å²) in [7, 11) is -1.50. The van der Waals surface area contributed by atoms with Crippen molar-refractivity contribution in [3.8, 4) is 0 Å². The molecule has 0 saturated carbocycles. The largest absolute Gasteiger partial charge is 0.900 e. The van der Waals surface area contributed by atoms with Crippen LogP contribution in [0.3, 0.4) is 0 Å². The Hall–Kier alpha value is 1.28. The topological polar surface area (TPSA) is 138 Å². The fourth-order valence-corrected chi connectivity index (χ4v) is 0. The van der Waals surface area contributed by atoms with Crippen molar-refractivity contribution in [1.29, 1.82) is 0 Å². The molecule has 0 aliphatic carbocycles. The molecule has 0 N–H and O–H groups in total. The Kier molecular flexibility index (Phi) is 174. The van der Waals surface area contributed by atoms with Crippen molar-refractivity contribution < 1.29 is 71.0 Å². The van der Waals surface area contributed by atoms with Crippen molar-refractivity contribution in [2.75, 3.05) is 0 Å². The van der Waals surface area contributed by atoms with Crippen molar-refractivity contribution >= 4 is 23.1 Å². The van der Waals surface area contributed by atoms with Gasteiger partial charge in [-0.05, 0) is 0 Å². The zero-order chi connectivity index (χ0) is 8.12. The minimum Gasteiger partial charge on any atom is -0.900 e. The van der Waals surface area contributed by atoms with Gasteiger partial charge in [0.25, 0.3) is 0 Å². The molecule has 0 unspecified atom stereocenters. The molecule has 0 amide bonds. The zero-order valence-electron chi connectivity index (χ0n) is 4.94. The summed E-state index contributed by atoms with van der Waals surface area (Å²) in [6.07, 6.45) is 0. The van der Waals surface area contributed by atoms with Crippen LogP contribution in [0.2, 0.25) is 0 Å². The van der Waals surface area contributed by atoms with Crippen LogP contribution >= 0.6 is 0 Å². The maximum atomic E-state index is 8.25. The van der Waals surface area contributed by atoms with Gasteiger partial charge in [-0.15, -0.1) is 0 Å². The average molecular weight is 501 g/mol. The van der Waals surface area contributed by atoms with Crippen LogP contribution < -0.4 is 30.1 Å². The van der Waals surface area contributed by atoms with Gasteiger partial charge in [0.15, 0.2) is 0 Å². The fourth-order valence-electron chi connectivity index (χ4n) is 0. The Morgan fingerprint density at radius 1 is 0.455 bits per heavy atom. The molecule has 0 spiro atoms. The van der Waals surface area contributed by atoms with Crippen molar-refractivity contribution in [2.24, 2.45) is 0 Å². The van der Waals surface area contributed by atoms with Crippen molar-refractivity contribution in [3.63, 3.8) is 0 Å². The summed E-state index contributed by atoms with van der Waals surface area (Å²) in [6, 6.07) is 0. The molecule has 5 radical (unpaired) electrons. The van der Waals surface area contributed by atoms with Gasteiger partial charge in [0.05, 0.1) is 0 Å². The van der Waals surface area contributed by atoms with E-state index in [1.807, 2.05) is 0 Å². The van der Waals surface area contributed by atoms with E-state index in [0.717, 1.165) is 0 Å². The van der Waals surface area contributed by atoms with E-state index in [-0.39, 0.29) is 40.8 Å². The Bertz CT molecular complexity index is 20.5. The van der Waals surface area contributed by atoms with E-state index in [1.54, 1.807) is 0 Å². The van der Waals surface area contributed by atoms with Crippen LogP contribution in [-0.2, 0) is 40.8 Å². The first kappa shape index (κ1) is 29.5. The summed E-state index contributed by atoms with van der Waals surface area (Å²) >= 11 is 0. The third-order valence-electron chi connectivity index (χ3n) is 0. The van der Waals surface area contributed by atoms with Gasteiger partial charge in [0, 0.05) is 40.8 Å². The molecule has 0 saturated heterocycles. The third-order valence-corrected chi connectivity index (χ3v) is 0. The minimum atomic E-state index is -0.500. The Morgan fingerprint density at radius 2 is 0.455 bits per heavy atom. The molecule has 0 aromatic carbocycles. The minimum absolute atomic E-state index is 0. The summed E-state index contributed by atoms with van der Waals surface area (Å²) in [5, 5.41) is 49.5. The average Bonchev–Trinajstić information content (AvgIpc) is 1.70. The predicted octanol–water partition coefficient (Wildman–Crippen LogP) is -8.28. The van der Waals surface area contributed by atoms with Crippen LogP contribution in [0, 0.1) is 0 Å². The van der Waals surface area contributed by atoms with E-state index in [2.05, 4.69) is 0 Å². The summed E-state index contributed by atoms with van der Waals surface area (Å²) in [4.78, 5) is 0. The van der Waals surface area contributed by atoms with E-state index in [9.17, 15) is 0 Å². The molecular formula is B3O6Re2-6. The SMILES string of the molecule is [O-][B][O-].[O-][B][O-].[O-][B][O-].[Re].[Re]. The van der Waals surface area contributed by atoms with Crippen molar-refractivity contribution in [2.45, 2.75) is 0 Å². The van der Waals surface area contributed by atoms with Gasteiger partial charge in [-0.3, -0.25) is 0 Å². The number of rotatable bonds is 0. The van der Waals surface area contributed by atoms with Gasteiger partial charge in [0.1, 0.15) is 0 Å².